The van der Waals surface area contributed by atoms with Gasteiger partial charge in [0, 0.05) is 28.2 Å². The summed E-state index contributed by atoms with van der Waals surface area (Å²) in [6.45, 7) is 0. The van der Waals surface area contributed by atoms with E-state index in [-0.39, 0.29) is 4.90 Å². The van der Waals surface area contributed by atoms with E-state index in [2.05, 4.69) is 9.97 Å². The predicted octanol–water partition coefficient (Wildman–Crippen LogP) is 3.30. The Morgan fingerprint density at radius 2 is 2.00 bits per heavy atom. The molecule has 0 unspecified atom stereocenters. The molecule has 0 aliphatic heterocycles. The van der Waals surface area contributed by atoms with Crippen molar-refractivity contribution in [2.75, 3.05) is 4.72 Å². The van der Waals surface area contributed by atoms with E-state index in [1.807, 2.05) is 4.72 Å². The van der Waals surface area contributed by atoms with Crippen molar-refractivity contribution in [1.29, 1.82) is 0 Å². The van der Waals surface area contributed by atoms with Gasteiger partial charge in [-0.25, -0.2) is 22.2 Å². The molecule has 3 rings (SSSR count). The molecular weight excluding hydrogens is 336 g/mol. The Labute approximate surface area is 129 Å². The van der Waals surface area contributed by atoms with Crippen molar-refractivity contribution in [1.82, 2.24) is 9.97 Å². The molecule has 0 aliphatic carbocycles. The highest BCUT2D eigenvalue weighted by Gasteiger charge is 2.21. The Hall–Kier alpha value is -2.19. The van der Waals surface area contributed by atoms with Crippen molar-refractivity contribution in [3.8, 4) is 0 Å². The molecular formula is C13H8ClF2N3O2S. The van der Waals surface area contributed by atoms with Crippen molar-refractivity contribution in [2.24, 2.45) is 0 Å². The van der Waals surface area contributed by atoms with Gasteiger partial charge in [-0.2, -0.15) is 0 Å². The summed E-state index contributed by atoms with van der Waals surface area (Å²) in [5, 5.41) is 0.830. The molecule has 5 nitrogen and oxygen atoms in total. The van der Waals surface area contributed by atoms with E-state index in [0.29, 0.717) is 22.0 Å². The molecule has 0 fully saturated rings. The quantitative estimate of drug-likeness (QED) is 0.766. The first-order valence-electron chi connectivity index (χ1n) is 5.97. The van der Waals surface area contributed by atoms with Crippen LogP contribution in [0.1, 0.15) is 0 Å². The third kappa shape index (κ3) is 2.62. The summed E-state index contributed by atoms with van der Waals surface area (Å²) in [5.41, 5.74) is 0.514. The number of hydrogen-bond donors (Lipinski definition) is 2. The lowest BCUT2D eigenvalue weighted by molar-refractivity contribution is 0.574. The molecule has 2 N–H and O–H groups in total. The van der Waals surface area contributed by atoms with Gasteiger partial charge >= 0.3 is 0 Å². The van der Waals surface area contributed by atoms with Crippen LogP contribution in [-0.4, -0.2) is 18.4 Å². The second-order valence-electron chi connectivity index (χ2n) is 4.43. The second kappa shape index (κ2) is 5.22. The fourth-order valence-electron chi connectivity index (χ4n) is 1.97. The largest absolute Gasteiger partial charge is 0.360 e. The van der Waals surface area contributed by atoms with Crippen LogP contribution >= 0.6 is 11.6 Å². The molecule has 0 aliphatic rings. The highest BCUT2D eigenvalue weighted by molar-refractivity contribution is 7.93. The van der Waals surface area contributed by atoms with Gasteiger partial charge in [-0.05, 0) is 18.2 Å². The number of anilines is 1. The molecule has 0 saturated heterocycles. The SMILES string of the molecule is O=S(=O)(Nc1ncc(F)cc1F)c1c[nH]c2cc(Cl)ccc12. The minimum Gasteiger partial charge on any atom is -0.360 e. The van der Waals surface area contributed by atoms with Crippen molar-refractivity contribution >= 4 is 38.3 Å². The van der Waals surface area contributed by atoms with Crippen LogP contribution in [0, 0.1) is 11.6 Å². The van der Waals surface area contributed by atoms with Crippen LogP contribution in [0.15, 0.2) is 41.6 Å². The summed E-state index contributed by atoms with van der Waals surface area (Å²) in [5.74, 6) is -2.58. The molecule has 114 valence electrons. The van der Waals surface area contributed by atoms with Gasteiger partial charge in [-0.3, -0.25) is 4.72 Å². The van der Waals surface area contributed by atoms with E-state index in [1.165, 1.54) is 18.3 Å². The Morgan fingerprint density at radius 1 is 1.23 bits per heavy atom. The molecule has 0 amide bonds. The summed E-state index contributed by atoms with van der Waals surface area (Å²) < 4.78 is 53.0. The summed E-state index contributed by atoms with van der Waals surface area (Å²) >= 11 is 5.83. The third-order valence-corrected chi connectivity index (χ3v) is 4.55. The fourth-order valence-corrected chi connectivity index (χ4v) is 3.33. The van der Waals surface area contributed by atoms with Gasteiger partial charge in [0.1, 0.15) is 10.7 Å². The zero-order valence-corrected chi connectivity index (χ0v) is 12.3. The lowest BCUT2D eigenvalue weighted by Gasteiger charge is -2.07. The second-order valence-corrected chi connectivity index (χ2v) is 6.52. The monoisotopic (exact) mass is 343 g/mol. The van der Waals surface area contributed by atoms with E-state index in [9.17, 15) is 17.2 Å². The van der Waals surface area contributed by atoms with Crippen molar-refractivity contribution in [3.63, 3.8) is 0 Å². The van der Waals surface area contributed by atoms with Crippen LogP contribution in [0.5, 0.6) is 0 Å². The first kappa shape index (κ1) is 14.7. The van der Waals surface area contributed by atoms with Gasteiger partial charge in [0.15, 0.2) is 11.6 Å². The van der Waals surface area contributed by atoms with Crippen LogP contribution in [0.2, 0.25) is 5.02 Å². The molecule has 0 bridgehead atoms. The third-order valence-electron chi connectivity index (χ3n) is 2.93. The molecule has 0 atom stereocenters. The minimum absolute atomic E-state index is 0.0929. The Morgan fingerprint density at radius 3 is 2.73 bits per heavy atom. The van der Waals surface area contributed by atoms with Crippen LogP contribution in [0.4, 0.5) is 14.6 Å². The lowest BCUT2D eigenvalue weighted by Crippen LogP contribution is -2.15. The number of nitrogens with one attached hydrogen (secondary N) is 2. The molecule has 9 heteroatoms. The minimum atomic E-state index is -4.09. The zero-order chi connectivity index (χ0) is 15.9. The Bertz CT molecular complexity index is 973. The fraction of sp³-hybridized carbons (Fsp3) is 0. The average molecular weight is 344 g/mol. The molecule has 2 heterocycles. The lowest BCUT2D eigenvalue weighted by atomic mass is 10.2. The maximum Gasteiger partial charge on any atom is 0.265 e. The van der Waals surface area contributed by atoms with Gasteiger partial charge in [0.05, 0.1) is 6.20 Å². The molecule has 1 aromatic carbocycles. The van der Waals surface area contributed by atoms with E-state index < -0.39 is 27.5 Å². The number of halogens is 3. The first-order valence-corrected chi connectivity index (χ1v) is 7.83. The number of H-pyrrole nitrogens is 1. The van der Waals surface area contributed by atoms with Crippen LogP contribution < -0.4 is 4.72 Å². The van der Waals surface area contributed by atoms with Gasteiger partial charge in [-0.15, -0.1) is 0 Å². The molecule has 22 heavy (non-hydrogen) atoms. The number of pyridine rings is 1. The van der Waals surface area contributed by atoms with Crippen LogP contribution in [-0.2, 0) is 10.0 Å². The summed E-state index contributed by atoms with van der Waals surface area (Å²) in [4.78, 5) is 6.07. The van der Waals surface area contributed by atoms with Crippen molar-refractivity contribution in [2.45, 2.75) is 4.90 Å². The number of aromatic amines is 1. The molecule has 0 radical (unpaired) electrons. The maximum absolute atomic E-state index is 13.5. The number of sulfonamides is 1. The number of nitrogens with zero attached hydrogens (tertiary/aromatic N) is 1. The number of rotatable bonds is 3. The van der Waals surface area contributed by atoms with Crippen molar-refractivity contribution < 1.29 is 17.2 Å². The zero-order valence-electron chi connectivity index (χ0n) is 10.8. The number of fused-ring (bicyclic) bond motifs is 1. The van der Waals surface area contributed by atoms with Crippen LogP contribution in [0.25, 0.3) is 10.9 Å². The summed E-state index contributed by atoms with van der Waals surface area (Å²) in [6, 6.07) is 5.16. The topological polar surface area (TPSA) is 74.8 Å². The highest BCUT2D eigenvalue weighted by atomic mass is 35.5. The Balaban J connectivity index is 2.05. The average Bonchev–Trinajstić information content (AvgIpc) is 2.85. The van der Waals surface area contributed by atoms with Gasteiger partial charge < -0.3 is 4.98 Å². The number of benzene rings is 1. The smallest absolute Gasteiger partial charge is 0.265 e. The van der Waals surface area contributed by atoms with Gasteiger partial charge in [0.2, 0.25) is 0 Å². The van der Waals surface area contributed by atoms with Gasteiger partial charge in [0.25, 0.3) is 10.0 Å². The molecule has 3 aromatic rings. The molecule has 2 aromatic heterocycles. The summed E-state index contributed by atoms with van der Waals surface area (Å²) in [7, 11) is -4.09. The van der Waals surface area contributed by atoms with Gasteiger partial charge in [-0.1, -0.05) is 11.6 Å². The van der Waals surface area contributed by atoms with E-state index >= 15 is 0 Å². The van der Waals surface area contributed by atoms with E-state index in [0.717, 1.165) is 6.20 Å². The predicted molar refractivity (Wildman–Crippen MR) is 78.3 cm³/mol. The molecule has 0 saturated carbocycles. The summed E-state index contributed by atoms with van der Waals surface area (Å²) in [6.07, 6.45) is 1.97. The van der Waals surface area contributed by atoms with Crippen molar-refractivity contribution in [3.05, 3.63) is 53.3 Å². The van der Waals surface area contributed by atoms with E-state index in [1.54, 1.807) is 6.07 Å². The first-order chi connectivity index (χ1) is 10.4. The highest BCUT2D eigenvalue weighted by Crippen LogP contribution is 2.27. The maximum atomic E-state index is 13.5. The number of aromatic nitrogens is 2. The number of hydrogen-bond acceptors (Lipinski definition) is 3. The van der Waals surface area contributed by atoms with E-state index in [4.69, 9.17) is 11.6 Å². The van der Waals surface area contributed by atoms with Crippen LogP contribution in [0.3, 0.4) is 0 Å². The Kier molecular flexibility index (Phi) is 3.50. The molecule has 0 spiro atoms. The standard InChI is InChI=1S/C13H8ClF2N3O2S/c14-7-1-2-9-11(3-7)17-6-12(9)22(20,21)19-13-10(16)4-8(15)5-18-13/h1-6,17H,(H,18,19). The normalized spacial score (nSPS) is 11.8.